The zero-order valence-corrected chi connectivity index (χ0v) is 13.2. The van der Waals surface area contributed by atoms with Crippen LogP contribution < -0.4 is 0 Å². The van der Waals surface area contributed by atoms with Gasteiger partial charge in [0.15, 0.2) is 0 Å². The maximum Gasteiger partial charge on any atom is -0.0175 e. The molecule has 0 N–H and O–H groups in total. The van der Waals surface area contributed by atoms with Gasteiger partial charge in [-0.2, -0.15) is 0 Å². The van der Waals surface area contributed by atoms with Gasteiger partial charge in [0.25, 0.3) is 0 Å². The van der Waals surface area contributed by atoms with Gasteiger partial charge in [0.1, 0.15) is 0 Å². The smallest absolute Gasteiger partial charge is 0.0175 e. The fourth-order valence-corrected chi connectivity index (χ4v) is 2.49. The maximum atomic E-state index is 2.32. The Morgan fingerprint density at radius 2 is 1.20 bits per heavy atom. The average Bonchev–Trinajstić information content (AvgIpc) is 2.46. The third-order valence-corrected chi connectivity index (χ3v) is 3.64. The molecule has 0 radical (unpaired) electrons. The summed E-state index contributed by atoms with van der Waals surface area (Å²) in [7, 11) is 0. The largest absolute Gasteiger partial charge is 0.0683 e. The molecule has 0 aliphatic carbocycles. The minimum absolute atomic E-state index is 0.586. The Kier molecular flexibility index (Phi) is 4.44. The maximum absolute atomic E-state index is 2.32. The van der Waals surface area contributed by atoms with E-state index in [2.05, 4.69) is 69.3 Å². The van der Waals surface area contributed by atoms with Crippen molar-refractivity contribution < 1.29 is 0 Å². The summed E-state index contributed by atoms with van der Waals surface area (Å²) in [6.45, 7) is 10.6. The molecule has 0 nitrogen and oxygen atoms in total. The Labute approximate surface area is 122 Å². The van der Waals surface area contributed by atoms with Crippen LogP contribution in [0.25, 0.3) is 21.5 Å². The lowest BCUT2D eigenvalue weighted by Gasteiger charge is -2.08. The van der Waals surface area contributed by atoms with Crippen LogP contribution in [0.4, 0.5) is 0 Å². The van der Waals surface area contributed by atoms with Crippen molar-refractivity contribution in [3.05, 3.63) is 59.7 Å². The molecule has 0 amide bonds. The molecule has 0 unspecified atom stereocenters. The second-order valence-electron chi connectivity index (χ2n) is 5.46. The molecule has 104 valence electrons. The number of aryl methyl sites for hydroxylation is 1. The summed E-state index contributed by atoms with van der Waals surface area (Å²) in [4.78, 5) is 0. The van der Waals surface area contributed by atoms with E-state index in [1.54, 1.807) is 0 Å². The summed E-state index contributed by atoms with van der Waals surface area (Å²) in [6.07, 6.45) is 0. The van der Waals surface area contributed by atoms with Crippen LogP contribution in [0.1, 0.15) is 44.7 Å². The quantitative estimate of drug-likeness (QED) is 0.443. The normalized spacial score (nSPS) is 10.7. The van der Waals surface area contributed by atoms with Crippen LogP contribution in [-0.2, 0) is 0 Å². The molecule has 0 saturated carbocycles. The van der Waals surface area contributed by atoms with Gasteiger partial charge in [0.2, 0.25) is 0 Å². The molecule has 0 heterocycles. The van der Waals surface area contributed by atoms with Gasteiger partial charge in [0.05, 0.1) is 0 Å². The van der Waals surface area contributed by atoms with Crippen LogP contribution in [-0.4, -0.2) is 0 Å². The average molecular weight is 264 g/mol. The molecule has 0 saturated heterocycles. The molecular formula is C20H24. The van der Waals surface area contributed by atoms with E-state index in [1.807, 2.05) is 13.8 Å². The van der Waals surface area contributed by atoms with Crippen molar-refractivity contribution in [2.24, 2.45) is 0 Å². The van der Waals surface area contributed by atoms with Crippen molar-refractivity contribution in [3.8, 4) is 0 Å². The van der Waals surface area contributed by atoms with Crippen LogP contribution in [0.2, 0.25) is 0 Å². The van der Waals surface area contributed by atoms with Gasteiger partial charge in [-0.25, -0.2) is 0 Å². The highest BCUT2D eigenvalue weighted by atomic mass is 14.1. The monoisotopic (exact) mass is 264 g/mol. The SMILES string of the molecule is CC.Cc1ccc2cc3cc(C(C)C)ccc3cc2c1. The van der Waals surface area contributed by atoms with Crippen LogP contribution in [0.5, 0.6) is 0 Å². The Balaban J connectivity index is 0.000000704. The molecule has 3 aromatic carbocycles. The van der Waals surface area contributed by atoms with E-state index in [9.17, 15) is 0 Å². The first kappa shape index (κ1) is 14.6. The third kappa shape index (κ3) is 2.85. The number of fused-ring (bicyclic) bond motifs is 2. The Hall–Kier alpha value is -1.82. The van der Waals surface area contributed by atoms with E-state index >= 15 is 0 Å². The number of benzene rings is 3. The number of hydrogen-bond donors (Lipinski definition) is 0. The molecule has 0 aromatic heterocycles. The number of hydrogen-bond acceptors (Lipinski definition) is 0. The van der Waals surface area contributed by atoms with Crippen LogP contribution >= 0.6 is 0 Å². The molecule has 0 bridgehead atoms. The fourth-order valence-electron chi connectivity index (χ4n) is 2.49. The lowest BCUT2D eigenvalue weighted by Crippen LogP contribution is -1.87. The van der Waals surface area contributed by atoms with Gasteiger partial charge in [0, 0.05) is 0 Å². The molecule has 20 heavy (non-hydrogen) atoms. The summed E-state index contributed by atoms with van der Waals surface area (Å²) in [5, 5.41) is 5.34. The molecule has 0 aliphatic heterocycles. The number of rotatable bonds is 1. The van der Waals surface area contributed by atoms with Crippen molar-refractivity contribution in [2.45, 2.75) is 40.5 Å². The van der Waals surface area contributed by atoms with E-state index < -0.39 is 0 Å². The summed E-state index contributed by atoms with van der Waals surface area (Å²) >= 11 is 0. The van der Waals surface area contributed by atoms with Gasteiger partial charge in [-0.3, -0.25) is 0 Å². The minimum Gasteiger partial charge on any atom is -0.0683 e. The zero-order chi connectivity index (χ0) is 14.7. The van der Waals surface area contributed by atoms with E-state index in [4.69, 9.17) is 0 Å². The second-order valence-corrected chi connectivity index (χ2v) is 5.46. The second kappa shape index (κ2) is 6.09. The Bertz CT molecular complexity index is 721. The molecule has 0 fully saturated rings. The highest BCUT2D eigenvalue weighted by Gasteiger charge is 2.02. The lowest BCUT2D eigenvalue weighted by molar-refractivity contribution is 0.869. The molecule has 0 aliphatic rings. The molecular weight excluding hydrogens is 240 g/mol. The van der Waals surface area contributed by atoms with Crippen LogP contribution in [0, 0.1) is 6.92 Å². The summed E-state index contributed by atoms with van der Waals surface area (Å²) < 4.78 is 0. The predicted octanol–water partition coefficient (Wildman–Crippen LogP) is 6.45. The molecule has 3 aromatic rings. The molecule has 3 rings (SSSR count). The third-order valence-electron chi connectivity index (χ3n) is 3.64. The van der Waals surface area contributed by atoms with Crippen LogP contribution in [0.3, 0.4) is 0 Å². The first-order chi connectivity index (χ1) is 9.63. The van der Waals surface area contributed by atoms with Crippen molar-refractivity contribution in [2.75, 3.05) is 0 Å². The first-order valence-corrected chi connectivity index (χ1v) is 7.57. The van der Waals surface area contributed by atoms with Gasteiger partial charge in [-0.05, 0) is 52.1 Å². The predicted molar refractivity (Wildman–Crippen MR) is 91.6 cm³/mol. The van der Waals surface area contributed by atoms with E-state index in [0.717, 1.165) is 0 Å². The molecule has 0 heteroatoms. The minimum atomic E-state index is 0.586. The lowest BCUT2D eigenvalue weighted by atomic mass is 9.97. The highest BCUT2D eigenvalue weighted by molar-refractivity contribution is 5.98. The Morgan fingerprint density at radius 1 is 0.650 bits per heavy atom. The van der Waals surface area contributed by atoms with Gasteiger partial charge in [-0.15, -0.1) is 0 Å². The van der Waals surface area contributed by atoms with Gasteiger partial charge in [-0.1, -0.05) is 69.7 Å². The fraction of sp³-hybridized carbons (Fsp3) is 0.300. The van der Waals surface area contributed by atoms with Crippen molar-refractivity contribution >= 4 is 21.5 Å². The molecule has 0 spiro atoms. The van der Waals surface area contributed by atoms with Crippen molar-refractivity contribution in [1.82, 2.24) is 0 Å². The summed E-state index contributed by atoms with van der Waals surface area (Å²) in [6, 6.07) is 18.1. The standard InChI is InChI=1S/C18H18.C2H6/c1-12(2)14-6-7-16-10-17-8-13(3)4-5-15(17)11-18(16)9-14;1-2/h4-12H,1-3H3;1-2H3. The Morgan fingerprint density at radius 3 is 1.80 bits per heavy atom. The van der Waals surface area contributed by atoms with Gasteiger partial charge >= 0.3 is 0 Å². The van der Waals surface area contributed by atoms with E-state index in [0.29, 0.717) is 5.92 Å². The first-order valence-electron chi connectivity index (χ1n) is 7.57. The zero-order valence-electron chi connectivity index (χ0n) is 13.2. The van der Waals surface area contributed by atoms with E-state index in [-0.39, 0.29) is 0 Å². The van der Waals surface area contributed by atoms with Crippen molar-refractivity contribution in [1.29, 1.82) is 0 Å². The summed E-state index contributed by atoms with van der Waals surface area (Å²) in [5.41, 5.74) is 2.73. The van der Waals surface area contributed by atoms with Crippen molar-refractivity contribution in [3.63, 3.8) is 0 Å². The van der Waals surface area contributed by atoms with Gasteiger partial charge < -0.3 is 0 Å². The van der Waals surface area contributed by atoms with E-state index in [1.165, 1.54) is 32.7 Å². The highest BCUT2D eigenvalue weighted by Crippen LogP contribution is 2.26. The molecule has 0 atom stereocenters. The summed E-state index contributed by atoms with van der Waals surface area (Å²) in [5.74, 6) is 0.586. The van der Waals surface area contributed by atoms with Crippen LogP contribution in [0.15, 0.2) is 48.5 Å². The topological polar surface area (TPSA) is 0 Å².